The van der Waals surface area contributed by atoms with Crippen molar-refractivity contribution in [2.75, 3.05) is 33.7 Å². The van der Waals surface area contributed by atoms with Crippen LogP contribution in [0.4, 0.5) is 4.39 Å². The summed E-state index contributed by atoms with van der Waals surface area (Å²) in [5.74, 6) is -0.717. The number of fused-ring (bicyclic) bond motifs is 7. The third kappa shape index (κ3) is 8.15. The lowest BCUT2D eigenvalue weighted by Crippen LogP contribution is -2.65. The molecule has 4 saturated carbocycles. The number of rotatable bonds is 14. The van der Waals surface area contributed by atoms with Gasteiger partial charge < -0.3 is 19.5 Å². The number of hydrogen-bond acceptors (Lipinski definition) is 8. The predicted octanol–water partition coefficient (Wildman–Crippen LogP) is 9.51. The van der Waals surface area contributed by atoms with Crippen LogP contribution in [-0.4, -0.2) is 84.5 Å². The van der Waals surface area contributed by atoms with E-state index in [2.05, 4.69) is 58.3 Å². The number of allylic oxidation sites excluding steroid dienone is 1. The van der Waals surface area contributed by atoms with E-state index in [9.17, 15) is 28.7 Å². The molecule has 60 heavy (non-hydrogen) atoms. The molecular formula is C50H75FN2O7. The van der Waals surface area contributed by atoms with E-state index < -0.39 is 28.9 Å². The fourth-order valence-electron chi connectivity index (χ4n) is 14.4. The smallest absolute Gasteiger partial charge is 0.309 e. The van der Waals surface area contributed by atoms with Gasteiger partial charge in [-0.3, -0.25) is 24.1 Å². The molecule has 334 valence electrons. The Morgan fingerprint density at radius 2 is 1.48 bits per heavy atom. The largest absolute Gasteiger partial charge is 0.481 e. The molecule has 8 unspecified atom stereocenters. The lowest BCUT2D eigenvalue weighted by Gasteiger charge is -2.71. The van der Waals surface area contributed by atoms with Gasteiger partial charge in [-0.2, -0.15) is 0 Å². The quantitative estimate of drug-likeness (QED) is 0.183. The van der Waals surface area contributed by atoms with E-state index in [1.54, 1.807) is 13.8 Å². The van der Waals surface area contributed by atoms with Gasteiger partial charge in [0.2, 0.25) is 0 Å². The van der Waals surface area contributed by atoms with Gasteiger partial charge in [0, 0.05) is 50.4 Å². The second-order valence-corrected chi connectivity index (χ2v) is 22.4. The molecule has 0 amide bonds. The molecule has 6 rings (SSSR count). The number of carboxylic acid groups (broad SMARTS) is 1. The Morgan fingerprint density at radius 1 is 0.883 bits per heavy atom. The summed E-state index contributed by atoms with van der Waals surface area (Å²) in [6, 6.07) is 6.63. The molecule has 0 aliphatic heterocycles. The van der Waals surface area contributed by atoms with Crippen LogP contribution in [0.25, 0.3) is 0 Å². The minimum absolute atomic E-state index is 0.00744. The Hall–Kier alpha value is -3.11. The van der Waals surface area contributed by atoms with Crippen LogP contribution in [-0.2, 0) is 35.2 Å². The summed E-state index contributed by atoms with van der Waals surface area (Å²) in [5, 5.41) is 9.67. The van der Waals surface area contributed by atoms with Crippen molar-refractivity contribution in [2.24, 2.45) is 56.2 Å². The van der Waals surface area contributed by atoms with Gasteiger partial charge >= 0.3 is 17.9 Å². The number of esters is 2. The topological polar surface area (TPSA) is 113 Å². The zero-order chi connectivity index (χ0) is 44.4. The third-order valence-electron chi connectivity index (χ3n) is 17.1. The van der Waals surface area contributed by atoms with E-state index in [4.69, 9.17) is 9.47 Å². The molecule has 5 aliphatic carbocycles. The Bertz CT molecular complexity index is 1850. The number of aliphatic carboxylic acids is 1. The van der Waals surface area contributed by atoms with Gasteiger partial charge in [0.1, 0.15) is 18.0 Å². The van der Waals surface area contributed by atoms with E-state index >= 15 is 0 Å². The Kier molecular flexibility index (Phi) is 12.8. The molecular weight excluding hydrogens is 760 g/mol. The molecule has 0 radical (unpaired) electrons. The van der Waals surface area contributed by atoms with Gasteiger partial charge in [0.25, 0.3) is 0 Å². The molecule has 1 aromatic carbocycles. The van der Waals surface area contributed by atoms with Crippen LogP contribution >= 0.6 is 0 Å². The number of carbonyl (C=O) groups is 4. The molecule has 5 aliphatic rings. The maximum atomic E-state index is 14.6. The number of ether oxygens (including phenoxy) is 2. The van der Waals surface area contributed by atoms with Crippen LogP contribution in [0.5, 0.6) is 0 Å². The van der Waals surface area contributed by atoms with Crippen LogP contribution in [0, 0.1) is 62.0 Å². The zero-order valence-electron chi connectivity index (χ0n) is 38.8. The fraction of sp³-hybridized carbons (Fsp3) is 0.760. The normalized spacial score (nSPS) is 34.2. The number of carbonyl (C=O) groups excluding carboxylic acids is 3. The van der Waals surface area contributed by atoms with Crippen molar-refractivity contribution in [3.05, 3.63) is 46.8 Å². The highest BCUT2D eigenvalue weighted by atomic mass is 19.1. The molecule has 0 bridgehead atoms. The predicted molar refractivity (Wildman–Crippen MR) is 231 cm³/mol. The number of halogens is 1. The molecule has 0 spiro atoms. The molecule has 9 nitrogen and oxygen atoms in total. The monoisotopic (exact) mass is 835 g/mol. The zero-order valence-corrected chi connectivity index (χ0v) is 38.8. The SMILES string of the molecule is CC(=O)OC(CN(CCN(C)C)Cc1ccc(F)cc1)C12CCC3C(C)(CCC4C3(C)CC[C@H]3C(C)(C)C(OC(=O)CC(C)(C)C(=O)O)CCC43C)C1=C(C(C)C)C(=O)C2. The number of benzene rings is 1. The second-order valence-electron chi connectivity index (χ2n) is 22.4. The first kappa shape index (κ1) is 46.4. The third-order valence-corrected chi connectivity index (χ3v) is 17.1. The second kappa shape index (κ2) is 16.5. The van der Waals surface area contributed by atoms with Crippen LogP contribution in [0.1, 0.15) is 139 Å². The van der Waals surface area contributed by atoms with Crippen molar-refractivity contribution >= 4 is 23.7 Å². The average molecular weight is 835 g/mol. The van der Waals surface area contributed by atoms with Crippen molar-refractivity contribution in [1.82, 2.24) is 9.80 Å². The number of ketones is 1. The molecule has 9 atom stereocenters. The summed E-state index contributed by atoms with van der Waals surface area (Å²) < 4.78 is 26.7. The number of nitrogens with zero attached hydrogens (tertiary/aromatic N) is 2. The number of carboxylic acids is 1. The van der Waals surface area contributed by atoms with Crippen molar-refractivity contribution in [1.29, 1.82) is 0 Å². The maximum Gasteiger partial charge on any atom is 0.309 e. The number of likely N-dealkylation sites (N-methyl/N-ethyl adjacent to an activating group) is 1. The molecule has 1 N–H and O–H groups in total. The molecule has 4 fully saturated rings. The highest BCUT2D eigenvalue weighted by molar-refractivity contribution is 6.01. The summed E-state index contributed by atoms with van der Waals surface area (Å²) in [6.45, 7) is 23.5. The molecule has 0 saturated heterocycles. The van der Waals surface area contributed by atoms with Gasteiger partial charge in [0.05, 0.1) is 11.8 Å². The van der Waals surface area contributed by atoms with Crippen LogP contribution in [0.15, 0.2) is 35.4 Å². The molecule has 1 aromatic rings. The van der Waals surface area contributed by atoms with E-state index in [1.165, 1.54) is 24.6 Å². The summed E-state index contributed by atoms with van der Waals surface area (Å²) in [7, 11) is 4.09. The van der Waals surface area contributed by atoms with Gasteiger partial charge in [0.15, 0.2) is 5.78 Å². The minimum atomic E-state index is -1.19. The first-order valence-corrected chi connectivity index (χ1v) is 22.8. The van der Waals surface area contributed by atoms with Crippen LogP contribution < -0.4 is 0 Å². The minimum Gasteiger partial charge on any atom is -0.481 e. The van der Waals surface area contributed by atoms with E-state index in [-0.39, 0.29) is 57.7 Å². The van der Waals surface area contributed by atoms with Gasteiger partial charge in [-0.25, -0.2) is 4.39 Å². The maximum absolute atomic E-state index is 14.6. The van der Waals surface area contributed by atoms with Gasteiger partial charge in [-0.15, -0.1) is 0 Å². The molecule has 10 heteroatoms. The lowest BCUT2D eigenvalue weighted by molar-refractivity contribution is -0.224. The van der Waals surface area contributed by atoms with Crippen molar-refractivity contribution < 1.29 is 38.1 Å². The van der Waals surface area contributed by atoms with Crippen molar-refractivity contribution in [3.63, 3.8) is 0 Å². The summed E-state index contributed by atoms with van der Waals surface area (Å²) in [4.78, 5) is 57.2. The highest BCUT2D eigenvalue weighted by Crippen LogP contribution is 2.76. The first-order chi connectivity index (χ1) is 27.8. The van der Waals surface area contributed by atoms with E-state index in [0.29, 0.717) is 37.3 Å². The van der Waals surface area contributed by atoms with Crippen LogP contribution in [0.2, 0.25) is 0 Å². The first-order valence-electron chi connectivity index (χ1n) is 22.8. The average Bonchev–Trinajstić information content (AvgIpc) is 3.46. The highest BCUT2D eigenvalue weighted by Gasteiger charge is 2.70. The Balaban J connectivity index is 1.33. The molecule has 0 heterocycles. The lowest BCUT2D eigenvalue weighted by atomic mass is 9.34. The number of Topliss-reactive ketones (excluding diaryl/α,β-unsaturated/α-hetero) is 1. The Morgan fingerprint density at radius 3 is 2.08 bits per heavy atom. The molecule has 0 aromatic heterocycles. The summed E-state index contributed by atoms with van der Waals surface area (Å²) in [6.07, 6.45) is 6.86. The van der Waals surface area contributed by atoms with Gasteiger partial charge in [-0.1, -0.05) is 60.6 Å². The summed E-state index contributed by atoms with van der Waals surface area (Å²) in [5.41, 5.74) is 0.877. The fourth-order valence-corrected chi connectivity index (χ4v) is 14.4. The number of hydrogen-bond donors (Lipinski definition) is 1. The Labute approximate surface area is 359 Å². The van der Waals surface area contributed by atoms with E-state index in [1.807, 2.05) is 26.2 Å². The van der Waals surface area contributed by atoms with Crippen molar-refractivity contribution in [3.8, 4) is 0 Å². The van der Waals surface area contributed by atoms with Gasteiger partial charge in [-0.05, 0) is 148 Å². The van der Waals surface area contributed by atoms with E-state index in [0.717, 1.165) is 75.6 Å². The summed E-state index contributed by atoms with van der Waals surface area (Å²) >= 11 is 0. The van der Waals surface area contributed by atoms with Crippen LogP contribution in [0.3, 0.4) is 0 Å². The van der Waals surface area contributed by atoms with Crippen molar-refractivity contribution in [2.45, 2.75) is 152 Å². The standard InChI is InChI=1S/C50H75FN2O7/c1-31(2)42-35(55)27-50(40(59-32(3)54)30-53(26-25-52(11)12)29-33-13-15-34(51)16-14-33)24-19-38-48(9)21-17-36-46(6,7)39(60-41(56)28-45(4,5)44(57)58)20-23-47(36,8)37(48)18-22-49(38,10)43(42)50/h13-16,31,36-40H,17-30H2,1-12H3,(H,57,58)/t36-,37?,38?,39?,40?,47?,48?,49?,50?/m0/s1.